The number of azide groups is 1. The molecule has 86 valence electrons. The summed E-state index contributed by atoms with van der Waals surface area (Å²) >= 11 is 0.310. The summed E-state index contributed by atoms with van der Waals surface area (Å²) in [4.78, 5) is 3.18. The normalized spacial score (nSPS) is 11.8. The number of rotatable bonds is 7. The minimum atomic E-state index is 0.206. The maximum atomic E-state index is 8.81. The maximum absolute atomic E-state index is 8.81. The molecular formula is C11H15N3OSe. The second-order valence-corrected chi connectivity index (χ2v) is 6.21. The van der Waals surface area contributed by atoms with Crippen molar-refractivity contribution in [3.63, 3.8) is 0 Å². The van der Waals surface area contributed by atoms with Gasteiger partial charge in [0.05, 0.1) is 0 Å². The first-order valence-corrected chi connectivity index (χ1v) is 7.05. The van der Waals surface area contributed by atoms with E-state index in [2.05, 4.69) is 22.2 Å². The van der Waals surface area contributed by atoms with Crippen molar-refractivity contribution in [2.75, 3.05) is 13.2 Å². The molecule has 0 aliphatic heterocycles. The zero-order valence-corrected chi connectivity index (χ0v) is 10.7. The third kappa shape index (κ3) is 5.19. The first-order valence-electron chi connectivity index (χ1n) is 5.20. The van der Waals surface area contributed by atoms with Crippen LogP contribution in [0.3, 0.4) is 0 Å². The van der Waals surface area contributed by atoms with Gasteiger partial charge in [0.15, 0.2) is 0 Å². The number of aliphatic hydroxyl groups is 1. The monoisotopic (exact) mass is 285 g/mol. The van der Waals surface area contributed by atoms with Crippen LogP contribution >= 0.6 is 0 Å². The van der Waals surface area contributed by atoms with Gasteiger partial charge >= 0.3 is 101 Å². The molecule has 0 aliphatic carbocycles. The van der Waals surface area contributed by atoms with Crippen LogP contribution in [0.4, 0.5) is 0 Å². The average Bonchev–Trinajstić information content (AvgIpc) is 2.34. The van der Waals surface area contributed by atoms with E-state index in [1.807, 2.05) is 18.2 Å². The molecule has 0 spiro atoms. The van der Waals surface area contributed by atoms with Crippen molar-refractivity contribution in [3.05, 3.63) is 40.8 Å². The van der Waals surface area contributed by atoms with E-state index in [1.54, 1.807) is 0 Å². The topological polar surface area (TPSA) is 69.0 Å². The van der Waals surface area contributed by atoms with Gasteiger partial charge in [0, 0.05) is 0 Å². The quantitative estimate of drug-likeness (QED) is 0.353. The summed E-state index contributed by atoms with van der Waals surface area (Å²) < 4.78 is 1.31. The van der Waals surface area contributed by atoms with Gasteiger partial charge in [-0.3, -0.25) is 0 Å². The summed E-state index contributed by atoms with van der Waals surface area (Å²) in [5.41, 5.74) is 8.32. The molecule has 0 heterocycles. The summed E-state index contributed by atoms with van der Waals surface area (Å²) in [6.45, 7) is 0.739. The van der Waals surface area contributed by atoms with Gasteiger partial charge in [-0.1, -0.05) is 0 Å². The van der Waals surface area contributed by atoms with Crippen LogP contribution in [0.5, 0.6) is 0 Å². The Balaban J connectivity index is 2.51. The van der Waals surface area contributed by atoms with Gasteiger partial charge in [-0.05, 0) is 0 Å². The van der Waals surface area contributed by atoms with Crippen LogP contribution in [0.2, 0.25) is 4.82 Å². The number of hydrogen-bond donors (Lipinski definition) is 1. The molecule has 5 heteroatoms. The first kappa shape index (κ1) is 13.1. The molecule has 4 nitrogen and oxygen atoms in total. The Labute approximate surface area is 101 Å². The van der Waals surface area contributed by atoms with Crippen LogP contribution in [-0.4, -0.2) is 33.2 Å². The Hall–Kier alpha value is -0.991. The fourth-order valence-corrected chi connectivity index (χ4v) is 3.69. The number of hydrogen-bond acceptors (Lipinski definition) is 2. The van der Waals surface area contributed by atoms with Crippen molar-refractivity contribution in [1.82, 2.24) is 0 Å². The number of benzene rings is 1. The van der Waals surface area contributed by atoms with Gasteiger partial charge in [0.1, 0.15) is 0 Å². The molecule has 0 fully saturated rings. The van der Waals surface area contributed by atoms with E-state index in [9.17, 15) is 0 Å². The van der Waals surface area contributed by atoms with Gasteiger partial charge in [-0.25, -0.2) is 0 Å². The SMILES string of the molecule is [N-]=[N+]=NCC(CCCO)[Se]c1ccccc1. The molecule has 1 N–H and O–H groups in total. The Morgan fingerprint density at radius 3 is 2.75 bits per heavy atom. The van der Waals surface area contributed by atoms with E-state index in [0.29, 0.717) is 26.3 Å². The van der Waals surface area contributed by atoms with Crippen molar-refractivity contribution >= 4 is 19.4 Å². The molecule has 1 unspecified atom stereocenters. The number of nitrogens with zero attached hydrogens (tertiary/aromatic N) is 3. The van der Waals surface area contributed by atoms with Crippen LogP contribution in [0.25, 0.3) is 10.4 Å². The summed E-state index contributed by atoms with van der Waals surface area (Å²) in [6.07, 6.45) is 1.70. The molecular weight excluding hydrogens is 269 g/mol. The zero-order valence-electron chi connectivity index (χ0n) is 8.99. The van der Waals surface area contributed by atoms with E-state index in [1.165, 1.54) is 4.46 Å². The molecule has 1 aromatic rings. The van der Waals surface area contributed by atoms with Gasteiger partial charge in [-0.15, -0.1) is 0 Å². The Kier molecular flexibility index (Phi) is 6.70. The van der Waals surface area contributed by atoms with Crippen LogP contribution < -0.4 is 4.46 Å². The standard InChI is InChI=1S/C11H15N3OSe/c12-14-13-9-11(7-4-8-15)16-10-5-2-1-3-6-10/h1-3,5-6,11,15H,4,7-9H2. The Bertz CT molecular complexity index is 338. The number of aliphatic hydroxyl groups excluding tert-OH is 1. The van der Waals surface area contributed by atoms with Crippen LogP contribution in [-0.2, 0) is 0 Å². The molecule has 1 atom stereocenters. The van der Waals surface area contributed by atoms with Gasteiger partial charge in [0.25, 0.3) is 0 Å². The van der Waals surface area contributed by atoms with E-state index in [0.717, 1.165) is 12.8 Å². The fourth-order valence-electron chi connectivity index (χ4n) is 1.33. The van der Waals surface area contributed by atoms with E-state index >= 15 is 0 Å². The first-order chi connectivity index (χ1) is 7.86. The molecule has 0 aliphatic rings. The third-order valence-corrected chi connectivity index (χ3v) is 4.73. The average molecular weight is 284 g/mol. The Morgan fingerprint density at radius 2 is 2.12 bits per heavy atom. The summed E-state index contributed by atoms with van der Waals surface area (Å²) in [7, 11) is 0. The van der Waals surface area contributed by atoms with Crippen molar-refractivity contribution in [2.45, 2.75) is 17.7 Å². The molecule has 0 saturated heterocycles. The molecule has 0 radical (unpaired) electrons. The summed E-state index contributed by atoms with van der Waals surface area (Å²) in [6, 6.07) is 10.2. The molecule has 1 rings (SSSR count). The predicted molar refractivity (Wildman–Crippen MR) is 65.9 cm³/mol. The van der Waals surface area contributed by atoms with Crippen molar-refractivity contribution in [2.24, 2.45) is 5.11 Å². The molecule has 16 heavy (non-hydrogen) atoms. The van der Waals surface area contributed by atoms with Gasteiger partial charge in [0.2, 0.25) is 0 Å². The molecule has 0 aromatic heterocycles. The summed E-state index contributed by atoms with van der Waals surface area (Å²) in [5, 5.41) is 12.4. The fraction of sp³-hybridized carbons (Fsp3) is 0.455. The second-order valence-electron chi connectivity index (χ2n) is 3.33. The minimum absolute atomic E-state index is 0.206. The van der Waals surface area contributed by atoms with Gasteiger partial charge < -0.3 is 0 Å². The summed E-state index contributed by atoms with van der Waals surface area (Å²) in [5.74, 6) is 0. The van der Waals surface area contributed by atoms with Crippen LogP contribution in [0, 0.1) is 0 Å². The molecule has 1 aromatic carbocycles. The second kappa shape index (κ2) is 8.20. The van der Waals surface area contributed by atoms with E-state index in [4.69, 9.17) is 10.6 Å². The van der Waals surface area contributed by atoms with Crippen molar-refractivity contribution < 1.29 is 5.11 Å². The zero-order chi connectivity index (χ0) is 11.6. The van der Waals surface area contributed by atoms with Crippen molar-refractivity contribution in [1.29, 1.82) is 0 Å². The third-order valence-electron chi connectivity index (χ3n) is 2.08. The van der Waals surface area contributed by atoms with E-state index in [-0.39, 0.29) is 6.61 Å². The molecule has 0 bridgehead atoms. The van der Waals surface area contributed by atoms with Crippen LogP contribution in [0.1, 0.15) is 12.8 Å². The van der Waals surface area contributed by atoms with Crippen LogP contribution in [0.15, 0.2) is 35.4 Å². The van der Waals surface area contributed by atoms with E-state index < -0.39 is 0 Å². The predicted octanol–water partition coefficient (Wildman–Crippen LogP) is 1.89. The van der Waals surface area contributed by atoms with Crippen molar-refractivity contribution in [3.8, 4) is 0 Å². The van der Waals surface area contributed by atoms with Gasteiger partial charge in [-0.2, -0.15) is 0 Å². The Morgan fingerprint density at radius 1 is 1.38 bits per heavy atom. The molecule has 0 saturated carbocycles. The molecule has 0 amide bonds.